The summed E-state index contributed by atoms with van der Waals surface area (Å²) in [6.45, 7) is 40.7. The number of hydrogen-bond donors (Lipinski definition) is 1. The Balaban J connectivity index is 1.78. The fourth-order valence-electron chi connectivity index (χ4n) is 6.02. The van der Waals surface area contributed by atoms with E-state index in [0.717, 1.165) is 44.5 Å². The Hall–Kier alpha value is -1.95. The smallest absolute Gasteiger partial charge is 0.292 e. The molecule has 1 aromatic heterocycles. The predicted molar refractivity (Wildman–Crippen MR) is 227 cm³/mol. The lowest BCUT2D eigenvalue weighted by Gasteiger charge is -2.54. The molecule has 3 rings (SSSR count). The zero-order valence-electron chi connectivity index (χ0n) is 36.1. The van der Waals surface area contributed by atoms with Crippen LogP contribution in [0.1, 0.15) is 94.9 Å². The van der Waals surface area contributed by atoms with E-state index in [1.54, 1.807) is 23.1 Å². The number of hydrogen-bond acceptors (Lipinski definition) is 9. The van der Waals surface area contributed by atoms with Crippen molar-refractivity contribution in [1.82, 2.24) is 19.7 Å². The molecule has 1 aromatic carbocycles. The minimum Gasteiger partial charge on any atom is -0.415 e. The molecule has 0 saturated carbocycles. The van der Waals surface area contributed by atoms with Crippen LogP contribution in [-0.4, -0.2) is 94.0 Å². The van der Waals surface area contributed by atoms with E-state index in [-0.39, 0.29) is 44.0 Å². The van der Waals surface area contributed by atoms with Gasteiger partial charge in [0.1, 0.15) is 18.3 Å². The van der Waals surface area contributed by atoms with Crippen molar-refractivity contribution in [3.8, 4) is 5.69 Å². The molecule has 1 aliphatic heterocycles. The van der Waals surface area contributed by atoms with Gasteiger partial charge in [0.25, 0.3) is 5.69 Å². The van der Waals surface area contributed by atoms with Gasteiger partial charge in [0.05, 0.1) is 35.5 Å². The Bertz CT molecular complexity index is 1470. The van der Waals surface area contributed by atoms with Crippen LogP contribution in [0.2, 0.25) is 54.4 Å². The molecule has 1 fully saturated rings. The molecular formula is C39H74N6O5Si3. The van der Waals surface area contributed by atoms with Crippen molar-refractivity contribution in [2.45, 2.75) is 168 Å². The highest BCUT2D eigenvalue weighted by atomic mass is 28.4. The molecule has 53 heavy (non-hydrogen) atoms. The number of unbranched alkanes of at least 4 members (excludes halogenated alkanes) is 3. The summed E-state index contributed by atoms with van der Waals surface area (Å²) in [7, 11) is -6.30. The molecule has 0 radical (unpaired) electrons. The molecule has 0 aliphatic carbocycles. The number of likely N-dealkylation sites (tertiary alicyclic amines) is 1. The lowest BCUT2D eigenvalue weighted by Crippen LogP contribution is -2.66. The molecule has 1 aliphatic rings. The van der Waals surface area contributed by atoms with Gasteiger partial charge in [-0.2, -0.15) is 5.10 Å². The van der Waals surface area contributed by atoms with E-state index in [0.29, 0.717) is 24.8 Å². The first-order chi connectivity index (χ1) is 24.2. The van der Waals surface area contributed by atoms with E-state index in [1.807, 2.05) is 0 Å². The monoisotopic (exact) mass is 791 g/mol. The fourth-order valence-corrected chi connectivity index (χ4v) is 9.76. The lowest BCUT2D eigenvalue weighted by atomic mass is 9.88. The van der Waals surface area contributed by atoms with Crippen LogP contribution in [0.15, 0.2) is 30.9 Å². The number of nitro groups is 1. The van der Waals surface area contributed by atoms with Gasteiger partial charge in [-0.1, -0.05) is 82.1 Å². The fraction of sp³-hybridized carbons (Fsp3) is 0.795. The van der Waals surface area contributed by atoms with Crippen LogP contribution in [-0.2, 0) is 13.3 Å². The Morgan fingerprint density at radius 1 is 0.849 bits per heavy atom. The van der Waals surface area contributed by atoms with Gasteiger partial charge < -0.3 is 18.6 Å². The zero-order valence-corrected chi connectivity index (χ0v) is 39.1. The summed E-state index contributed by atoms with van der Waals surface area (Å²) in [4.78, 5) is 18.0. The molecule has 0 bridgehead atoms. The van der Waals surface area contributed by atoms with E-state index in [9.17, 15) is 10.1 Å². The van der Waals surface area contributed by atoms with Crippen LogP contribution < -0.4 is 5.32 Å². The summed E-state index contributed by atoms with van der Waals surface area (Å²) in [6.07, 6.45) is 7.04. The second-order valence-corrected chi connectivity index (χ2v) is 34.3. The van der Waals surface area contributed by atoms with Gasteiger partial charge in [-0.15, -0.1) is 0 Å². The third-order valence-electron chi connectivity index (χ3n) is 12.7. The molecular weight excluding hydrogens is 717 g/mol. The second kappa shape index (κ2) is 17.5. The minimum atomic E-state index is -2.17. The van der Waals surface area contributed by atoms with Crippen molar-refractivity contribution in [2.75, 3.05) is 31.6 Å². The maximum atomic E-state index is 11.7. The topological polar surface area (TPSA) is 117 Å². The van der Waals surface area contributed by atoms with Crippen LogP contribution >= 0.6 is 0 Å². The highest BCUT2D eigenvalue weighted by molar-refractivity contribution is 6.75. The molecule has 1 N–H and O–H groups in total. The molecule has 4 atom stereocenters. The standard InChI is InChI=1S/C39H74N6O5Si3/c1-30-26-43(24-20-18-17-19-23-41-32-25-31(44-29-40-28-42-44)21-22-33(32)45(46)47)34(27-48-51(11,12)37(2,3)4)36(50-53(15,16)39(8,9)10)35(30)49-52(13,14)38(5,6)7/h21-22,25,28-30,34-36,41H,17-20,23-24,26-27H2,1-16H3/t30-,34+,35+,36+/m0/s1. The Labute approximate surface area is 324 Å². The predicted octanol–water partition coefficient (Wildman–Crippen LogP) is 10.3. The summed E-state index contributed by atoms with van der Waals surface area (Å²) < 4.78 is 23.5. The van der Waals surface area contributed by atoms with Crippen molar-refractivity contribution in [1.29, 1.82) is 0 Å². The molecule has 11 nitrogen and oxygen atoms in total. The molecule has 0 unspecified atom stereocenters. The summed E-state index contributed by atoms with van der Waals surface area (Å²) >= 11 is 0. The van der Waals surface area contributed by atoms with Gasteiger partial charge in [0.15, 0.2) is 25.0 Å². The van der Waals surface area contributed by atoms with Gasteiger partial charge in [0, 0.05) is 19.2 Å². The average molecular weight is 791 g/mol. The number of piperidine rings is 1. The van der Waals surface area contributed by atoms with Crippen molar-refractivity contribution in [3.05, 3.63) is 41.0 Å². The first-order valence-electron chi connectivity index (χ1n) is 19.8. The highest BCUT2D eigenvalue weighted by Crippen LogP contribution is 2.44. The minimum absolute atomic E-state index is 0.00692. The van der Waals surface area contributed by atoms with Crippen LogP contribution in [0.3, 0.4) is 0 Å². The van der Waals surface area contributed by atoms with Crippen molar-refractivity contribution < 1.29 is 18.2 Å². The third kappa shape index (κ3) is 11.8. The van der Waals surface area contributed by atoms with Crippen molar-refractivity contribution >= 4 is 36.3 Å². The van der Waals surface area contributed by atoms with Gasteiger partial charge >= 0.3 is 0 Å². The van der Waals surface area contributed by atoms with Gasteiger partial charge in [0.2, 0.25) is 0 Å². The maximum Gasteiger partial charge on any atom is 0.292 e. The van der Waals surface area contributed by atoms with E-state index in [4.69, 9.17) is 13.3 Å². The van der Waals surface area contributed by atoms with Gasteiger partial charge in [-0.25, -0.2) is 9.67 Å². The van der Waals surface area contributed by atoms with E-state index >= 15 is 0 Å². The molecule has 302 valence electrons. The summed E-state index contributed by atoms with van der Waals surface area (Å²) in [5.74, 6) is 0.316. The summed E-state index contributed by atoms with van der Waals surface area (Å²) in [6, 6.07) is 5.08. The number of nitro benzene ring substituents is 1. The normalized spacial score (nSPS) is 21.2. The molecule has 1 saturated heterocycles. The van der Waals surface area contributed by atoms with Crippen molar-refractivity contribution in [3.63, 3.8) is 0 Å². The van der Waals surface area contributed by atoms with Crippen molar-refractivity contribution in [2.24, 2.45) is 5.92 Å². The number of benzene rings is 1. The lowest BCUT2D eigenvalue weighted by molar-refractivity contribution is -0.384. The highest BCUT2D eigenvalue weighted by Gasteiger charge is 2.52. The quantitative estimate of drug-likeness (QED) is 0.0723. The SMILES string of the molecule is C[C@H]1CN(CCCCCCNc2cc(-n3cncn3)ccc2[N+](=O)[O-])[C@H](CO[Si](C)(C)C(C)(C)C)[C@@H](O[Si](C)(C)C(C)(C)C)[C@@H]1O[Si](C)(C)C(C)(C)C. The van der Waals surface area contributed by atoms with Crippen LogP contribution in [0.5, 0.6) is 0 Å². The van der Waals surface area contributed by atoms with Gasteiger partial charge in [-0.05, 0) is 91.8 Å². The first-order valence-corrected chi connectivity index (χ1v) is 28.5. The third-order valence-corrected chi connectivity index (χ3v) is 26.1. The summed E-state index contributed by atoms with van der Waals surface area (Å²) in [5.41, 5.74) is 1.28. The first kappa shape index (κ1) is 45.4. The number of anilines is 1. The van der Waals surface area contributed by atoms with E-state index in [1.165, 1.54) is 12.4 Å². The van der Waals surface area contributed by atoms with E-state index < -0.39 is 25.0 Å². The second-order valence-electron chi connectivity index (χ2n) is 19.9. The Morgan fingerprint density at radius 2 is 1.42 bits per heavy atom. The zero-order chi connectivity index (χ0) is 40.2. The maximum absolute atomic E-state index is 11.7. The van der Waals surface area contributed by atoms with Gasteiger partial charge in [-0.3, -0.25) is 15.0 Å². The van der Waals surface area contributed by atoms with Crippen LogP contribution in [0.25, 0.3) is 5.69 Å². The molecule has 2 aromatic rings. The van der Waals surface area contributed by atoms with Crippen LogP contribution in [0.4, 0.5) is 11.4 Å². The number of aromatic nitrogens is 3. The van der Waals surface area contributed by atoms with E-state index in [2.05, 4.69) is 129 Å². The number of nitrogens with zero attached hydrogens (tertiary/aromatic N) is 5. The largest absolute Gasteiger partial charge is 0.415 e. The Morgan fingerprint density at radius 3 is 1.94 bits per heavy atom. The molecule has 0 amide bonds. The number of rotatable bonds is 17. The number of nitrogens with one attached hydrogen (secondary N) is 1. The molecule has 0 spiro atoms. The van der Waals surface area contributed by atoms with Crippen LogP contribution in [0, 0.1) is 16.0 Å². The Kier molecular flexibility index (Phi) is 15.0. The molecule has 2 heterocycles. The summed E-state index contributed by atoms with van der Waals surface area (Å²) in [5, 5.41) is 19.5. The average Bonchev–Trinajstić information content (AvgIpc) is 3.55. The molecule has 14 heteroatoms.